The van der Waals surface area contributed by atoms with E-state index in [2.05, 4.69) is 5.32 Å². The number of carbonyl (C=O) groups is 2. The first-order chi connectivity index (χ1) is 11.8. The average Bonchev–Trinajstić information content (AvgIpc) is 2.66. The van der Waals surface area contributed by atoms with Gasteiger partial charge in [-0.05, 0) is 36.4 Å². The van der Waals surface area contributed by atoms with E-state index in [9.17, 15) is 18.0 Å². The number of esters is 1. The number of amides is 1. The van der Waals surface area contributed by atoms with Crippen LogP contribution in [-0.2, 0) is 14.8 Å². The molecule has 0 radical (unpaired) electrons. The monoisotopic (exact) mass is 362 g/mol. The second-order valence-corrected chi connectivity index (χ2v) is 7.05. The van der Waals surface area contributed by atoms with Crippen LogP contribution >= 0.6 is 0 Å². The molecule has 132 valence electrons. The Morgan fingerprint density at radius 3 is 2.20 bits per heavy atom. The lowest BCUT2D eigenvalue weighted by molar-refractivity contribution is 0.0601. The number of methoxy groups -OCH3 is 1. The molecule has 1 N–H and O–H groups in total. The van der Waals surface area contributed by atoms with Crippen LogP contribution < -0.4 is 9.62 Å². The minimum absolute atomic E-state index is 0.00215. The first-order valence-electron chi connectivity index (χ1n) is 7.31. The van der Waals surface area contributed by atoms with Crippen LogP contribution in [0.1, 0.15) is 20.7 Å². The molecular formula is C17H18N2O5S. The third kappa shape index (κ3) is 3.63. The molecule has 0 spiro atoms. The van der Waals surface area contributed by atoms with Crippen LogP contribution in [0.2, 0.25) is 0 Å². The third-order valence-electron chi connectivity index (χ3n) is 3.65. The maximum absolute atomic E-state index is 12.8. The fourth-order valence-corrected chi connectivity index (χ4v) is 3.46. The predicted molar refractivity (Wildman–Crippen MR) is 93.2 cm³/mol. The smallest absolute Gasteiger partial charge is 0.340 e. The van der Waals surface area contributed by atoms with E-state index in [1.165, 1.54) is 57.6 Å². The van der Waals surface area contributed by atoms with Crippen molar-refractivity contribution in [3.63, 3.8) is 0 Å². The number of nitrogens with one attached hydrogen (secondary N) is 1. The number of rotatable bonds is 5. The van der Waals surface area contributed by atoms with E-state index in [-0.39, 0.29) is 22.1 Å². The zero-order valence-corrected chi connectivity index (χ0v) is 14.8. The number of anilines is 1. The van der Waals surface area contributed by atoms with E-state index in [1.807, 2.05) is 0 Å². The maximum Gasteiger partial charge on any atom is 0.340 e. The molecule has 0 bridgehead atoms. The summed E-state index contributed by atoms with van der Waals surface area (Å²) in [5.74, 6) is -0.944. The molecule has 7 nitrogen and oxygen atoms in total. The molecule has 0 atom stereocenters. The van der Waals surface area contributed by atoms with E-state index in [0.717, 1.165) is 4.31 Å². The van der Waals surface area contributed by atoms with Crippen LogP contribution in [-0.4, -0.2) is 41.5 Å². The normalized spacial score (nSPS) is 10.8. The predicted octanol–water partition coefficient (Wildman–Crippen LogP) is 1.66. The first-order valence-corrected chi connectivity index (χ1v) is 8.75. The van der Waals surface area contributed by atoms with Gasteiger partial charge in [0.1, 0.15) is 0 Å². The summed E-state index contributed by atoms with van der Waals surface area (Å²) in [6, 6.07) is 11.8. The zero-order valence-electron chi connectivity index (χ0n) is 14.0. The van der Waals surface area contributed by atoms with Crippen LogP contribution in [0.5, 0.6) is 0 Å². The van der Waals surface area contributed by atoms with Crippen LogP contribution in [0.15, 0.2) is 53.4 Å². The number of carbonyl (C=O) groups excluding carboxylic acids is 2. The summed E-state index contributed by atoms with van der Waals surface area (Å²) in [6.45, 7) is 0. The number of hydrogen-bond acceptors (Lipinski definition) is 5. The van der Waals surface area contributed by atoms with E-state index in [1.54, 1.807) is 12.1 Å². The van der Waals surface area contributed by atoms with Crippen LogP contribution in [0.4, 0.5) is 5.69 Å². The van der Waals surface area contributed by atoms with Crippen molar-refractivity contribution < 1.29 is 22.7 Å². The summed E-state index contributed by atoms with van der Waals surface area (Å²) in [5.41, 5.74) is 0.682. The Balaban J connectivity index is 2.43. The number of para-hydroxylation sites is 1. The van der Waals surface area contributed by atoms with Gasteiger partial charge in [0.25, 0.3) is 15.9 Å². The lowest BCUT2D eigenvalue weighted by Gasteiger charge is -2.21. The van der Waals surface area contributed by atoms with Gasteiger partial charge in [0.2, 0.25) is 0 Å². The van der Waals surface area contributed by atoms with E-state index in [4.69, 9.17) is 4.74 Å². The molecule has 0 aliphatic rings. The Bertz CT molecular complexity index is 892. The van der Waals surface area contributed by atoms with Crippen molar-refractivity contribution in [3.8, 4) is 0 Å². The molecule has 8 heteroatoms. The van der Waals surface area contributed by atoms with Gasteiger partial charge in [-0.3, -0.25) is 9.10 Å². The molecule has 1 amide bonds. The third-order valence-corrected chi connectivity index (χ3v) is 5.44. The van der Waals surface area contributed by atoms with Gasteiger partial charge in [0.05, 0.1) is 23.3 Å². The Hall–Kier alpha value is -2.87. The number of benzene rings is 2. The van der Waals surface area contributed by atoms with Crippen molar-refractivity contribution in [3.05, 3.63) is 59.7 Å². The van der Waals surface area contributed by atoms with Crippen molar-refractivity contribution >= 4 is 27.6 Å². The van der Waals surface area contributed by atoms with Crippen LogP contribution in [0, 0.1) is 0 Å². The molecular weight excluding hydrogens is 344 g/mol. The molecule has 0 saturated carbocycles. The summed E-state index contributed by atoms with van der Waals surface area (Å²) in [4.78, 5) is 23.4. The maximum atomic E-state index is 12.8. The Morgan fingerprint density at radius 2 is 1.64 bits per heavy atom. The fraction of sp³-hybridized carbons (Fsp3) is 0.176. The summed E-state index contributed by atoms with van der Waals surface area (Å²) >= 11 is 0. The summed E-state index contributed by atoms with van der Waals surface area (Å²) in [5, 5.41) is 2.46. The molecule has 0 fully saturated rings. The molecule has 0 heterocycles. The lowest BCUT2D eigenvalue weighted by Crippen LogP contribution is -2.28. The number of hydrogen-bond donors (Lipinski definition) is 1. The van der Waals surface area contributed by atoms with Gasteiger partial charge < -0.3 is 10.1 Å². The van der Waals surface area contributed by atoms with Gasteiger partial charge in [0, 0.05) is 19.7 Å². The quantitative estimate of drug-likeness (QED) is 0.817. The topological polar surface area (TPSA) is 92.8 Å². The molecule has 0 saturated heterocycles. The molecule has 0 aromatic heterocycles. The summed E-state index contributed by atoms with van der Waals surface area (Å²) in [7, 11) is 0.157. The Kier molecular flexibility index (Phi) is 5.43. The number of sulfonamides is 1. The van der Waals surface area contributed by atoms with Crippen molar-refractivity contribution in [1.29, 1.82) is 0 Å². The van der Waals surface area contributed by atoms with Gasteiger partial charge in [-0.1, -0.05) is 12.1 Å². The highest BCUT2D eigenvalue weighted by Crippen LogP contribution is 2.26. The largest absolute Gasteiger partial charge is 0.465 e. The summed E-state index contributed by atoms with van der Waals surface area (Å²) in [6.07, 6.45) is 0. The first kappa shape index (κ1) is 18.5. The molecule has 0 aliphatic carbocycles. The fourth-order valence-electron chi connectivity index (χ4n) is 2.24. The molecule has 2 aromatic carbocycles. The van der Waals surface area contributed by atoms with Gasteiger partial charge >= 0.3 is 5.97 Å². The second kappa shape index (κ2) is 7.35. The number of ether oxygens (including phenoxy) is 1. The van der Waals surface area contributed by atoms with E-state index in [0.29, 0.717) is 5.56 Å². The van der Waals surface area contributed by atoms with Crippen LogP contribution in [0.3, 0.4) is 0 Å². The molecule has 2 aromatic rings. The Morgan fingerprint density at radius 1 is 1.04 bits per heavy atom. The van der Waals surface area contributed by atoms with Gasteiger partial charge in [0.15, 0.2) is 0 Å². The van der Waals surface area contributed by atoms with Crippen molar-refractivity contribution in [2.24, 2.45) is 0 Å². The average molecular weight is 362 g/mol. The second-order valence-electron chi connectivity index (χ2n) is 5.08. The highest BCUT2D eigenvalue weighted by atomic mass is 32.2. The molecule has 2 rings (SSSR count). The van der Waals surface area contributed by atoms with Crippen molar-refractivity contribution in [1.82, 2.24) is 5.32 Å². The van der Waals surface area contributed by atoms with Gasteiger partial charge in [-0.25, -0.2) is 13.2 Å². The Labute approximate surface area is 146 Å². The van der Waals surface area contributed by atoms with Gasteiger partial charge in [-0.15, -0.1) is 0 Å². The minimum Gasteiger partial charge on any atom is -0.465 e. The minimum atomic E-state index is -3.91. The van der Waals surface area contributed by atoms with Crippen molar-refractivity contribution in [2.45, 2.75) is 4.90 Å². The van der Waals surface area contributed by atoms with Gasteiger partial charge in [-0.2, -0.15) is 0 Å². The summed E-state index contributed by atoms with van der Waals surface area (Å²) < 4.78 is 31.3. The van der Waals surface area contributed by atoms with E-state index < -0.39 is 16.0 Å². The molecule has 0 aliphatic heterocycles. The highest BCUT2D eigenvalue weighted by Gasteiger charge is 2.25. The molecule has 0 unspecified atom stereocenters. The van der Waals surface area contributed by atoms with Crippen molar-refractivity contribution in [2.75, 3.05) is 25.5 Å². The van der Waals surface area contributed by atoms with Crippen LogP contribution in [0.25, 0.3) is 0 Å². The van der Waals surface area contributed by atoms with E-state index >= 15 is 0 Å². The SMILES string of the molecule is CNC(=O)c1ccc(S(=O)(=O)N(C)c2ccccc2C(=O)OC)cc1. The standard InChI is InChI=1S/C17H18N2O5S/c1-18-16(20)12-8-10-13(11-9-12)25(22,23)19(2)15-7-5-4-6-14(15)17(21)24-3/h4-11H,1-3H3,(H,18,20). The highest BCUT2D eigenvalue weighted by molar-refractivity contribution is 7.92. The molecule has 25 heavy (non-hydrogen) atoms. The lowest BCUT2D eigenvalue weighted by atomic mass is 10.2. The number of nitrogens with zero attached hydrogens (tertiary/aromatic N) is 1. The zero-order chi connectivity index (χ0) is 18.6.